The fourth-order valence-electron chi connectivity index (χ4n) is 2.97. The van der Waals surface area contributed by atoms with E-state index < -0.39 is 32.3 Å². The van der Waals surface area contributed by atoms with Crippen molar-refractivity contribution in [3.05, 3.63) is 52.6 Å². The van der Waals surface area contributed by atoms with E-state index >= 15 is 0 Å². The highest BCUT2D eigenvalue weighted by Crippen LogP contribution is 2.38. The van der Waals surface area contributed by atoms with E-state index in [2.05, 4.69) is 5.32 Å². The highest BCUT2D eigenvalue weighted by atomic mass is 32.2. The Hall–Kier alpha value is -2.75. The van der Waals surface area contributed by atoms with Gasteiger partial charge in [-0.15, -0.1) is 0 Å². The van der Waals surface area contributed by atoms with Crippen molar-refractivity contribution in [1.29, 1.82) is 0 Å². The highest BCUT2D eigenvalue weighted by Gasteiger charge is 2.36. The molecule has 0 atom stereocenters. The van der Waals surface area contributed by atoms with Crippen LogP contribution in [0.25, 0.3) is 0 Å². The number of ketones is 2. The second-order valence-electron chi connectivity index (χ2n) is 5.83. The first kappa shape index (κ1) is 18.1. The van der Waals surface area contributed by atoms with Crippen LogP contribution in [0.3, 0.4) is 0 Å². The van der Waals surface area contributed by atoms with Crippen LogP contribution >= 0.6 is 0 Å². The molecule has 3 rings (SSSR count). The van der Waals surface area contributed by atoms with Gasteiger partial charge in [0.15, 0.2) is 11.6 Å². The maximum absolute atomic E-state index is 12.9. The lowest BCUT2D eigenvalue weighted by molar-refractivity contribution is 0.0980. The van der Waals surface area contributed by atoms with E-state index in [4.69, 9.17) is 11.5 Å². The topological polar surface area (TPSA) is 153 Å². The Balaban J connectivity index is 2.31. The molecule has 0 heterocycles. The van der Waals surface area contributed by atoms with Crippen molar-refractivity contribution >= 4 is 33.1 Å². The average molecular weight is 375 g/mol. The average Bonchev–Trinajstić information content (AvgIpc) is 2.59. The van der Waals surface area contributed by atoms with Gasteiger partial charge >= 0.3 is 0 Å². The zero-order valence-corrected chi connectivity index (χ0v) is 14.5. The van der Waals surface area contributed by atoms with Gasteiger partial charge in [0.2, 0.25) is 0 Å². The Kier molecular flexibility index (Phi) is 4.53. The lowest BCUT2D eigenvalue weighted by atomic mass is 9.82. The van der Waals surface area contributed by atoms with Gasteiger partial charge in [-0.1, -0.05) is 24.3 Å². The Morgan fingerprint density at radius 3 is 2.15 bits per heavy atom. The minimum atomic E-state index is -4.69. The number of nitrogens with two attached hydrogens (primary N) is 2. The van der Waals surface area contributed by atoms with Crippen LogP contribution in [0.15, 0.2) is 35.2 Å². The third-order valence-electron chi connectivity index (χ3n) is 4.17. The molecule has 26 heavy (non-hydrogen) atoms. The molecule has 0 unspecified atom stereocenters. The number of benzene rings is 2. The predicted octanol–water partition coefficient (Wildman–Crippen LogP) is 1.05. The molecule has 9 heteroatoms. The van der Waals surface area contributed by atoms with Crippen LogP contribution in [0, 0.1) is 0 Å². The summed E-state index contributed by atoms with van der Waals surface area (Å²) in [5.41, 5.74) is 11.1. The van der Waals surface area contributed by atoms with Gasteiger partial charge in [-0.2, -0.15) is 8.42 Å². The molecule has 0 aromatic heterocycles. The number of rotatable bonds is 5. The van der Waals surface area contributed by atoms with E-state index in [1.165, 1.54) is 12.1 Å². The first-order valence-electron chi connectivity index (χ1n) is 7.83. The third-order valence-corrected chi connectivity index (χ3v) is 5.07. The van der Waals surface area contributed by atoms with Gasteiger partial charge in [0, 0.05) is 23.4 Å². The quantitative estimate of drug-likeness (QED) is 0.293. The fraction of sp³-hybridized carbons (Fsp3) is 0.176. The fourth-order valence-corrected chi connectivity index (χ4v) is 3.62. The van der Waals surface area contributed by atoms with E-state index in [1.54, 1.807) is 12.1 Å². The summed E-state index contributed by atoms with van der Waals surface area (Å²) in [6, 6.07) is 7.29. The molecule has 0 fully saturated rings. The zero-order chi connectivity index (χ0) is 19.1. The summed E-state index contributed by atoms with van der Waals surface area (Å²) in [6.07, 6.45) is 0.555. The molecule has 0 saturated carbocycles. The Bertz CT molecular complexity index is 1030. The second kappa shape index (κ2) is 6.52. The summed E-state index contributed by atoms with van der Waals surface area (Å²) in [4.78, 5) is 25.2. The van der Waals surface area contributed by atoms with Crippen LogP contribution in [0.5, 0.6) is 0 Å². The number of hydrogen-bond donors (Lipinski definition) is 4. The van der Waals surface area contributed by atoms with Crippen LogP contribution in [-0.2, 0) is 10.1 Å². The first-order chi connectivity index (χ1) is 12.3. The molecule has 0 bridgehead atoms. The normalized spacial score (nSPS) is 13.3. The van der Waals surface area contributed by atoms with Crippen molar-refractivity contribution in [3.8, 4) is 0 Å². The number of nitrogen functional groups attached to an aromatic ring is 1. The van der Waals surface area contributed by atoms with E-state index in [0.29, 0.717) is 19.5 Å². The number of nitrogens with one attached hydrogen (secondary N) is 1. The smallest absolute Gasteiger partial charge is 0.296 e. The second-order valence-corrected chi connectivity index (χ2v) is 7.22. The van der Waals surface area contributed by atoms with Crippen molar-refractivity contribution in [2.75, 3.05) is 24.1 Å². The summed E-state index contributed by atoms with van der Waals surface area (Å²) in [7, 11) is -4.69. The van der Waals surface area contributed by atoms with Crippen molar-refractivity contribution < 1.29 is 22.6 Å². The molecule has 0 aliphatic heterocycles. The van der Waals surface area contributed by atoms with Gasteiger partial charge in [-0.05, 0) is 19.0 Å². The molecular weight excluding hydrogens is 358 g/mol. The molecule has 1 aliphatic rings. The SMILES string of the molecule is NCCCNc1cc(S(=O)(=O)O)c(N)c2c1C(=O)c1ccccc1C2=O. The molecule has 2 aromatic rings. The molecular formula is C17H17N3O5S. The standard InChI is InChI=1S/C17H17N3O5S/c18-6-3-7-20-11-8-12(26(23,24)25)15(19)14-13(11)16(21)9-4-1-2-5-10(9)17(14)22/h1-2,4-5,8,20H,3,6-7,18-19H2,(H,23,24,25). The highest BCUT2D eigenvalue weighted by molar-refractivity contribution is 7.86. The Morgan fingerprint density at radius 2 is 1.62 bits per heavy atom. The summed E-state index contributed by atoms with van der Waals surface area (Å²) < 4.78 is 32.8. The van der Waals surface area contributed by atoms with E-state index in [0.717, 1.165) is 6.07 Å². The summed E-state index contributed by atoms with van der Waals surface area (Å²) in [5.74, 6) is -1.01. The predicted molar refractivity (Wildman–Crippen MR) is 96.1 cm³/mol. The monoisotopic (exact) mass is 375 g/mol. The number of carbonyl (C=O) groups excluding carboxylic acids is 2. The van der Waals surface area contributed by atoms with Crippen LogP contribution in [-0.4, -0.2) is 37.6 Å². The third kappa shape index (κ3) is 2.85. The van der Waals surface area contributed by atoms with Gasteiger partial charge in [0.05, 0.1) is 16.8 Å². The molecule has 0 radical (unpaired) electrons. The van der Waals surface area contributed by atoms with E-state index in [-0.39, 0.29) is 27.9 Å². The van der Waals surface area contributed by atoms with Crippen molar-refractivity contribution in [2.45, 2.75) is 11.3 Å². The largest absolute Gasteiger partial charge is 0.397 e. The summed E-state index contributed by atoms with van der Waals surface area (Å²) in [5, 5.41) is 2.91. The minimum absolute atomic E-state index is 0.00405. The van der Waals surface area contributed by atoms with Crippen LogP contribution < -0.4 is 16.8 Å². The minimum Gasteiger partial charge on any atom is -0.397 e. The number of fused-ring (bicyclic) bond motifs is 2. The van der Waals surface area contributed by atoms with Gasteiger partial charge < -0.3 is 16.8 Å². The van der Waals surface area contributed by atoms with Gasteiger partial charge in [0.25, 0.3) is 10.1 Å². The van der Waals surface area contributed by atoms with Gasteiger partial charge in [-0.25, -0.2) is 0 Å². The molecule has 0 spiro atoms. The molecule has 8 nitrogen and oxygen atoms in total. The number of carbonyl (C=O) groups is 2. The number of hydrogen-bond acceptors (Lipinski definition) is 7. The zero-order valence-electron chi connectivity index (χ0n) is 13.7. The first-order valence-corrected chi connectivity index (χ1v) is 9.27. The van der Waals surface area contributed by atoms with Crippen molar-refractivity contribution in [2.24, 2.45) is 5.73 Å². The Labute approximate surface area is 149 Å². The molecule has 1 aliphatic carbocycles. The van der Waals surface area contributed by atoms with Crippen LogP contribution in [0.2, 0.25) is 0 Å². The maximum atomic E-state index is 12.9. The van der Waals surface area contributed by atoms with E-state index in [1.807, 2.05) is 0 Å². The molecule has 2 aromatic carbocycles. The Morgan fingerprint density at radius 1 is 1.04 bits per heavy atom. The van der Waals surface area contributed by atoms with Crippen LogP contribution in [0.1, 0.15) is 38.3 Å². The molecule has 6 N–H and O–H groups in total. The maximum Gasteiger partial charge on any atom is 0.296 e. The van der Waals surface area contributed by atoms with E-state index in [9.17, 15) is 22.6 Å². The van der Waals surface area contributed by atoms with Gasteiger partial charge in [0.1, 0.15) is 4.90 Å². The number of anilines is 2. The van der Waals surface area contributed by atoms with Crippen molar-refractivity contribution in [1.82, 2.24) is 0 Å². The lowest BCUT2D eigenvalue weighted by Gasteiger charge is -2.23. The molecule has 0 saturated heterocycles. The molecule has 0 amide bonds. The van der Waals surface area contributed by atoms with Crippen LogP contribution in [0.4, 0.5) is 11.4 Å². The lowest BCUT2D eigenvalue weighted by Crippen LogP contribution is -2.25. The summed E-state index contributed by atoms with van der Waals surface area (Å²) >= 11 is 0. The summed E-state index contributed by atoms with van der Waals surface area (Å²) in [6.45, 7) is 0.728. The van der Waals surface area contributed by atoms with Crippen molar-refractivity contribution in [3.63, 3.8) is 0 Å². The van der Waals surface area contributed by atoms with Gasteiger partial charge in [-0.3, -0.25) is 14.1 Å². The molecule has 136 valence electrons.